The van der Waals surface area contributed by atoms with Crippen molar-refractivity contribution < 1.29 is 13.2 Å². The quantitative estimate of drug-likeness (QED) is 0.526. The summed E-state index contributed by atoms with van der Waals surface area (Å²) in [5.41, 5.74) is 0. The van der Waals surface area contributed by atoms with Crippen molar-refractivity contribution in [3.05, 3.63) is 10.4 Å². The second-order valence-electron chi connectivity index (χ2n) is 2.63. The van der Waals surface area contributed by atoms with Crippen LogP contribution in [-0.2, 0) is 0 Å². The Hall–Kier alpha value is -0.400. The second-order valence-corrected chi connectivity index (χ2v) is 4.15. The molecule has 3 nitrogen and oxygen atoms in total. The minimum absolute atomic E-state index is 0.0187. The molecule has 1 N–H and O–H groups in total. The van der Waals surface area contributed by atoms with Gasteiger partial charge in [-0.25, -0.2) is 4.98 Å². The predicted octanol–water partition coefficient (Wildman–Crippen LogP) is 3.48. The van der Waals surface area contributed by atoms with Crippen LogP contribution in [0.15, 0.2) is 4.90 Å². The second kappa shape index (κ2) is 5.29. The minimum Gasteiger partial charge on any atom is -0.360 e. The van der Waals surface area contributed by atoms with Gasteiger partial charge in [0.05, 0.1) is 4.90 Å². The highest BCUT2D eigenvalue weighted by Crippen LogP contribution is 2.31. The molecule has 0 fully saturated rings. The van der Waals surface area contributed by atoms with E-state index in [-0.39, 0.29) is 16.3 Å². The summed E-state index contributed by atoms with van der Waals surface area (Å²) in [7, 11) is 0. The van der Waals surface area contributed by atoms with Crippen molar-refractivity contribution in [2.45, 2.75) is 11.1 Å². The van der Waals surface area contributed by atoms with Crippen molar-refractivity contribution >= 4 is 40.8 Å². The first kappa shape index (κ1) is 13.7. The molecule has 16 heavy (non-hydrogen) atoms. The standard InChI is InChI=1S/C7H6Cl2F3N3S/c1-16-3-4(8)14-6(9)15-5(3)13-2-7(10,11)12/h2H2,1H3,(H,13,14,15). The van der Waals surface area contributed by atoms with E-state index < -0.39 is 12.7 Å². The predicted molar refractivity (Wildman–Crippen MR) is 58.4 cm³/mol. The number of thioether (sulfide) groups is 1. The zero-order valence-electron chi connectivity index (χ0n) is 7.90. The monoisotopic (exact) mass is 291 g/mol. The van der Waals surface area contributed by atoms with Gasteiger partial charge in [0.1, 0.15) is 17.5 Å². The lowest BCUT2D eigenvalue weighted by Crippen LogP contribution is -2.22. The lowest BCUT2D eigenvalue weighted by molar-refractivity contribution is -0.115. The average Bonchev–Trinajstić information content (AvgIpc) is 2.12. The summed E-state index contributed by atoms with van der Waals surface area (Å²) in [5.74, 6) is -0.0187. The van der Waals surface area contributed by atoms with Crippen molar-refractivity contribution in [2.24, 2.45) is 0 Å². The summed E-state index contributed by atoms with van der Waals surface area (Å²) in [5, 5.41) is 1.94. The van der Waals surface area contributed by atoms with Crippen LogP contribution in [-0.4, -0.2) is 28.9 Å². The maximum atomic E-state index is 12.0. The molecule has 1 aromatic rings. The molecular weight excluding hydrogens is 286 g/mol. The topological polar surface area (TPSA) is 37.8 Å². The van der Waals surface area contributed by atoms with E-state index in [1.807, 2.05) is 0 Å². The first-order valence-corrected chi connectivity index (χ1v) is 5.89. The minimum atomic E-state index is -4.33. The van der Waals surface area contributed by atoms with Crippen LogP contribution in [0.2, 0.25) is 10.4 Å². The Morgan fingerprint density at radius 3 is 2.44 bits per heavy atom. The first-order chi connectivity index (χ1) is 7.33. The molecule has 9 heteroatoms. The van der Waals surface area contributed by atoms with Crippen LogP contribution in [0.1, 0.15) is 0 Å². The van der Waals surface area contributed by atoms with Crippen LogP contribution >= 0.6 is 35.0 Å². The van der Waals surface area contributed by atoms with Crippen molar-refractivity contribution in [3.63, 3.8) is 0 Å². The van der Waals surface area contributed by atoms with Crippen LogP contribution in [0, 0.1) is 0 Å². The summed E-state index contributed by atoms with van der Waals surface area (Å²) in [6, 6.07) is 0. The van der Waals surface area contributed by atoms with E-state index in [4.69, 9.17) is 23.2 Å². The number of hydrogen-bond acceptors (Lipinski definition) is 4. The number of nitrogens with one attached hydrogen (secondary N) is 1. The molecule has 0 spiro atoms. The number of alkyl halides is 3. The zero-order valence-corrected chi connectivity index (χ0v) is 10.2. The van der Waals surface area contributed by atoms with Crippen molar-refractivity contribution in [2.75, 3.05) is 18.1 Å². The van der Waals surface area contributed by atoms with E-state index in [1.54, 1.807) is 6.26 Å². The Kier molecular flexibility index (Phi) is 4.52. The molecule has 1 rings (SSSR count). The van der Waals surface area contributed by atoms with Gasteiger partial charge < -0.3 is 5.32 Å². The molecule has 0 aromatic carbocycles. The molecule has 0 bridgehead atoms. The number of halogens is 5. The molecule has 0 amide bonds. The van der Waals surface area contributed by atoms with Crippen molar-refractivity contribution in [3.8, 4) is 0 Å². The van der Waals surface area contributed by atoms with Crippen LogP contribution < -0.4 is 5.32 Å². The van der Waals surface area contributed by atoms with Crippen molar-refractivity contribution in [1.82, 2.24) is 9.97 Å². The molecule has 0 aliphatic rings. The molecule has 0 saturated heterocycles. The lowest BCUT2D eigenvalue weighted by Gasteiger charge is -2.12. The number of rotatable bonds is 3. The van der Waals surface area contributed by atoms with Gasteiger partial charge in [-0.2, -0.15) is 18.2 Å². The van der Waals surface area contributed by atoms with E-state index in [0.717, 1.165) is 11.8 Å². The molecular formula is C7H6Cl2F3N3S. The summed E-state index contributed by atoms with van der Waals surface area (Å²) in [6.07, 6.45) is -2.68. The van der Waals surface area contributed by atoms with Gasteiger partial charge >= 0.3 is 6.18 Å². The van der Waals surface area contributed by atoms with Gasteiger partial charge in [-0.3, -0.25) is 0 Å². The lowest BCUT2D eigenvalue weighted by atomic mass is 10.5. The van der Waals surface area contributed by atoms with Gasteiger partial charge in [-0.15, -0.1) is 11.8 Å². The Bertz CT molecular complexity index is 386. The average molecular weight is 292 g/mol. The largest absolute Gasteiger partial charge is 0.405 e. The highest BCUT2D eigenvalue weighted by atomic mass is 35.5. The van der Waals surface area contributed by atoms with Gasteiger partial charge in [-0.05, 0) is 17.9 Å². The number of nitrogens with zero attached hydrogens (tertiary/aromatic N) is 2. The molecule has 0 aliphatic carbocycles. The molecule has 0 saturated carbocycles. The molecule has 1 heterocycles. The number of aromatic nitrogens is 2. The van der Waals surface area contributed by atoms with E-state index in [9.17, 15) is 13.2 Å². The Labute approximate surface area is 104 Å². The maximum Gasteiger partial charge on any atom is 0.405 e. The molecule has 0 aliphatic heterocycles. The van der Waals surface area contributed by atoms with E-state index in [1.165, 1.54) is 0 Å². The van der Waals surface area contributed by atoms with Crippen LogP contribution in [0.3, 0.4) is 0 Å². The van der Waals surface area contributed by atoms with Gasteiger partial charge in [0.15, 0.2) is 0 Å². The molecule has 0 atom stereocenters. The molecule has 1 aromatic heterocycles. The number of hydrogen-bond donors (Lipinski definition) is 1. The fourth-order valence-electron chi connectivity index (χ4n) is 0.882. The van der Waals surface area contributed by atoms with Crippen LogP contribution in [0.4, 0.5) is 19.0 Å². The molecule has 0 unspecified atom stereocenters. The maximum absolute atomic E-state index is 12.0. The Balaban J connectivity index is 2.94. The first-order valence-electron chi connectivity index (χ1n) is 3.91. The van der Waals surface area contributed by atoms with Crippen LogP contribution in [0.25, 0.3) is 0 Å². The zero-order chi connectivity index (χ0) is 12.3. The summed E-state index contributed by atoms with van der Waals surface area (Å²) >= 11 is 12.3. The van der Waals surface area contributed by atoms with Crippen molar-refractivity contribution in [1.29, 1.82) is 0 Å². The summed E-state index contributed by atoms with van der Waals surface area (Å²) < 4.78 is 36.0. The third kappa shape index (κ3) is 3.88. The highest BCUT2D eigenvalue weighted by Gasteiger charge is 2.27. The number of anilines is 1. The molecule has 90 valence electrons. The van der Waals surface area contributed by atoms with E-state index >= 15 is 0 Å². The van der Waals surface area contributed by atoms with Gasteiger partial charge in [-0.1, -0.05) is 11.6 Å². The smallest absolute Gasteiger partial charge is 0.360 e. The third-order valence-corrected chi connectivity index (χ3v) is 2.81. The SMILES string of the molecule is CSc1c(Cl)nc(Cl)nc1NCC(F)(F)F. The van der Waals surface area contributed by atoms with Gasteiger partial charge in [0.25, 0.3) is 0 Å². The molecule has 0 radical (unpaired) electrons. The normalized spacial score (nSPS) is 11.6. The third-order valence-electron chi connectivity index (χ3n) is 1.46. The summed E-state index contributed by atoms with van der Waals surface area (Å²) in [6.45, 7) is -1.20. The fourth-order valence-corrected chi connectivity index (χ4v) is 2.02. The van der Waals surface area contributed by atoms with Crippen LogP contribution in [0.5, 0.6) is 0 Å². The van der Waals surface area contributed by atoms with Gasteiger partial charge in [0.2, 0.25) is 5.28 Å². The Morgan fingerprint density at radius 2 is 1.94 bits per heavy atom. The Morgan fingerprint density at radius 1 is 1.31 bits per heavy atom. The van der Waals surface area contributed by atoms with E-state index in [2.05, 4.69) is 15.3 Å². The van der Waals surface area contributed by atoms with E-state index in [0.29, 0.717) is 4.90 Å². The summed E-state index contributed by atoms with van der Waals surface area (Å²) in [4.78, 5) is 7.60. The van der Waals surface area contributed by atoms with Gasteiger partial charge in [0, 0.05) is 0 Å². The highest BCUT2D eigenvalue weighted by molar-refractivity contribution is 7.98. The fraction of sp³-hybridized carbons (Fsp3) is 0.429.